The van der Waals surface area contributed by atoms with Crippen LogP contribution >= 0.6 is 0 Å². The van der Waals surface area contributed by atoms with E-state index in [0.717, 1.165) is 19.7 Å². The molecule has 1 aromatic rings. The monoisotopic (exact) mass is 237 g/mol. The van der Waals surface area contributed by atoms with Gasteiger partial charge in [0.25, 0.3) is 0 Å². The minimum Gasteiger partial charge on any atom is -0.396 e. The summed E-state index contributed by atoms with van der Waals surface area (Å²) in [5, 5.41) is 12.3. The average molecular weight is 237 g/mol. The van der Waals surface area contributed by atoms with Crippen LogP contribution in [-0.2, 0) is 17.9 Å². The van der Waals surface area contributed by atoms with Crippen LogP contribution in [0.4, 0.5) is 0 Å². The Morgan fingerprint density at radius 2 is 2.00 bits per heavy atom. The summed E-state index contributed by atoms with van der Waals surface area (Å²) in [5.41, 5.74) is 2.50. The lowest BCUT2D eigenvalue weighted by Gasteiger charge is -2.12. The highest BCUT2D eigenvalue weighted by Crippen LogP contribution is 2.10. The molecule has 0 spiro atoms. The van der Waals surface area contributed by atoms with Crippen molar-refractivity contribution in [2.75, 3.05) is 19.8 Å². The zero-order valence-corrected chi connectivity index (χ0v) is 10.8. The van der Waals surface area contributed by atoms with Gasteiger partial charge in [-0.2, -0.15) is 0 Å². The van der Waals surface area contributed by atoms with E-state index in [-0.39, 0.29) is 6.61 Å². The fraction of sp³-hybridized carbons (Fsp3) is 0.571. The standard InChI is InChI=1S/C14H23NO2/c1-3-17-11-14-7-5-4-6-13(14)9-15-8-12(2)10-16/h4-7,12,15-16H,3,8-11H2,1-2H3. The highest BCUT2D eigenvalue weighted by atomic mass is 16.5. The van der Waals surface area contributed by atoms with Gasteiger partial charge < -0.3 is 15.2 Å². The Balaban J connectivity index is 2.45. The van der Waals surface area contributed by atoms with Gasteiger partial charge in [0.2, 0.25) is 0 Å². The average Bonchev–Trinajstić information content (AvgIpc) is 2.37. The molecule has 2 N–H and O–H groups in total. The summed E-state index contributed by atoms with van der Waals surface area (Å²) in [6, 6.07) is 8.29. The van der Waals surface area contributed by atoms with Crippen molar-refractivity contribution in [3.05, 3.63) is 35.4 Å². The number of hydrogen-bond acceptors (Lipinski definition) is 3. The van der Waals surface area contributed by atoms with Crippen LogP contribution in [0.2, 0.25) is 0 Å². The Morgan fingerprint density at radius 3 is 2.65 bits per heavy atom. The van der Waals surface area contributed by atoms with E-state index in [1.54, 1.807) is 0 Å². The van der Waals surface area contributed by atoms with E-state index in [0.29, 0.717) is 12.5 Å². The Kier molecular flexibility index (Phi) is 6.86. The molecule has 3 nitrogen and oxygen atoms in total. The van der Waals surface area contributed by atoms with Gasteiger partial charge in [-0.05, 0) is 24.0 Å². The van der Waals surface area contributed by atoms with Crippen LogP contribution in [0, 0.1) is 5.92 Å². The number of hydrogen-bond donors (Lipinski definition) is 2. The van der Waals surface area contributed by atoms with E-state index >= 15 is 0 Å². The third-order valence-electron chi connectivity index (χ3n) is 2.70. The normalized spacial score (nSPS) is 12.6. The van der Waals surface area contributed by atoms with Gasteiger partial charge in [0.05, 0.1) is 6.61 Å². The molecule has 0 fully saturated rings. The molecule has 0 heterocycles. The van der Waals surface area contributed by atoms with Crippen molar-refractivity contribution in [1.82, 2.24) is 5.32 Å². The van der Waals surface area contributed by atoms with E-state index in [4.69, 9.17) is 9.84 Å². The molecule has 0 aliphatic carbocycles. The molecule has 96 valence electrons. The molecule has 0 aliphatic rings. The smallest absolute Gasteiger partial charge is 0.0719 e. The molecule has 0 saturated carbocycles. The lowest BCUT2D eigenvalue weighted by Crippen LogP contribution is -2.23. The van der Waals surface area contributed by atoms with Gasteiger partial charge in [0.1, 0.15) is 0 Å². The molecule has 1 atom stereocenters. The second kappa shape index (κ2) is 8.23. The van der Waals surface area contributed by atoms with E-state index in [1.165, 1.54) is 11.1 Å². The predicted octanol–water partition coefficient (Wildman–Crippen LogP) is 1.94. The van der Waals surface area contributed by atoms with Crippen LogP contribution in [0.1, 0.15) is 25.0 Å². The van der Waals surface area contributed by atoms with Crippen LogP contribution in [0.5, 0.6) is 0 Å². The Hall–Kier alpha value is -0.900. The quantitative estimate of drug-likeness (QED) is 0.726. The first-order valence-electron chi connectivity index (χ1n) is 6.24. The van der Waals surface area contributed by atoms with E-state index in [2.05, 4.69) is 17.4 Å². The number of aliphatic hydroxyl groups is 1. The molecule has 0 aliphatic heterocycles. The Morgan fingerprint density at radius 1 is 1.29 bits per heavy atom. The van der Waals surface area contributed by atoms with Crippen LogP contribution < -0.4 is 5.32 Å². The van der Waals surface area contributed by atoms with E-state index in [9.17, 15) is 0 Å². The third kappa shape index (κ3) is 5.31. The zero-order valence-electron chi connectivity index (χ0n) is 10.8. The summed E-state index contributed by atoms with van der Waals surface area (Å²) in [4.78, 5) is 0. The molecular formula is C14H23NO2. The van der Waals surface area contributed by atoms with Crippen LogP contribution in [0.3, 0.4) is 0 Å². The molecule has 0 amide bonds. The topological polar surface area (TPSA) is 41.5 Å². The minimum atomic E-state index is 0.230. The van der Waals surface area contributed by atoms with Gasteiger partial charge in [0, 0.05) is 26.3 Å². The first-order chi connectivity index (χ1) is 8.27. The fourth-order valence-electron chi connectivity index (χ4n) is 1.60. The highest BCUT2D eigenvalue weighted by molar-refractivity contribution is 5.26. The molecule has 0 saturated heterocycles. The van der Waals surface area contributed by atoms with Gasteiger partial charge >= 0.3 is 0 Å². The highest BCUT2D eigenvalue weighted by Gasteiger charge is 2.03. The number of nitrogens with one attached hydrogen (secondary N) is 1. The van der Waals surface area contributed by atoms with E-state index < -0.39 is 0 Å². The van der Waals surface area contributed by atoms with Gasteiger partial charge in [-0.3, -0.25) is 0 Å². The third-order valence-corrected chi connectivity index (χ3v) is 2.70. The number of benzene rings is 1. The molecule has 3 heteroatoms. The van der Waals surface area contributed by atoms with Crippen molar-refractivity contribution in [1.29, 1.82) is 0 Å². The number of aliphatic hydroxyl groups excluding tert-OH is 1. The summed E-state index contributed by atoms with van der Waals surface area (Å²) in [6.07, 6.45) is 0. The van der Waals surface area contributed by atoms with Crippen LogP contribution in [0.15, 0.2) is 24.3 Å². The van der Waals surface area contributed by atoms with Crippen molar-refractivity contribution in [3.8, 4) is 0 Å². The first kappa shape index (κ1) is 14.2. The Bertz CT molecular complexity index is 315. The van der Waals surface area contributed by atoms with Crippen LogP contribution in [-0.4, -0.2) is 24.9 Å². The lowest BCUT2D eigenvalue weighted by atomic mass is 10.1. The van der Waals surface area contributed by atoms with Crippen molar-refractivity contribution < 1.29 is 9.84 Å². The van der Waals surface area contributed by atoms with Crippen LogP contribution in [0.25, 0.3) is 0 Å². The van der Waals surface area contributed by atoms with Crippen molar-refractivity contribution in [3.63, 3.8) is 0 Å². The first-order valence-corrected chi connectivity index (χ1v) is 6.24. The number of ether oxygens (including phenoxy) is 1. The Labute approximate surface area is 104 Å². The molecule has 1 aromatic carbocycles. The van der Waals surface area contributed by atoms with Gasteiger partial charge in [0.15, 0.2) is 0 Å². The molecule has 17 heavy (non-hydrogen) atoms. The maximum atomic E-state index is 8.94. The van der Waals surface area contributed by atoms with Gasteiger partial charge in [-0.25, -0.2) is 0 Å². The van der Waals surface area contributed by atoms with E-state index in [1.807, 2.05) is 26.0 Å². The summed E-state index contributed by atoms with van der Waals surface area (Å²) in [5.74, 6) is 0.300. The molecule has 0 bridgehead atoms. The van der Waals surface area contributed by atoms with Crippen molar-refractivity contribution >= 4 is 0 Å². The molecular weight excluding hydrogens is 214 g/mol. The number of rotatable bonds is 8. The largest absolute Gasteiger partial charge is 0.396 e. The summed E-state index contributed by atoms with van der Waals surface area (Å²) in [6.45, 7) is 7.33. The second-order valence-electron chi connectivity index (χ2n) is 4.32. The van der Waals surface area contributed by atoms with Crippen molar-refractivity contribution in [2.24, 2.45) is 5.92 Å². The minimum absolute atomic E-state index is 0.230. The van der Waals surface area contributed by atoms with Gasteiger partial charge in [-0.15, -0.1) is 0 Å². The predicted molar refractivity (Wildman–Crippen MR) is 69.7 cm³/mol. The summed E-state index contributed by atoms with van der Waals surface area (Å²) < 4.78 is 5.44. The molecule has 0 aromatic heterocycles. The molecule has 1 unspecified atom stereocenters. The summed E-state index contributed by atoms with van der Waals surface area (Å²) >= 11 is 0. The summed E-state index contributed by atoms with van der Waals surface area (Å²) in [7, 11) is 0. The molecule has 0 radical (unpaired) electrons. The fourth-order valence-corrected chi connectivity index (χ4v) is 1.60. The maximum Gasteiger partial charge on any atom is 0.0719 e. The van der Waals surface area contributed by atoms with Crippen molar-refractivity contribution in [2.45, 2.75) is 27.0 Å². The van der Waals surface area contributed by atoms with Gasteiger partial charge in [-0.1, -0.05) is 31.2 Å². The molecule has 1 rings (SSSR count). The zero-order chi connectivity index (χ0) is 12.5. The lowest BCUT2D eigenvalue weighted by molar-refractivity contribution is 0.133. The SMILES string of the molecule is CCOCc1ccccc1CNCC(C)CO. The second-order valence-corrected chi connectivity index (χ2v) is 4.32. The maximum absolute atomic E-state index is 8.94.